The maximum atomic E-state index is 12.4. The molecule has 1 aliphatic rings. The van der Waals surface area contributed by atoms with E-state index in [9.17, 15) is 21.6 Å². The second-order valence-corrected chi connectivity index (χ2v) is 9.11. The third kappa shape index (κ3) is 4.04. The van der Waals surface area contributed by atoms with Crippen molar-refractivity contribution in [1.29, 1.82) is 0 Å². The predicted molar refractivity (Wildman–Crippen MR) is 102 cm³/mol. The Morgan fingerprint density at radius 3 is 2.79 bits per heavy atom. The number of nitrogens with zero attached hydrogens (tertiary/aromatic N) is 4. The number of sulfonamides is 1. The van der Waals surface area contributed by atoms with Crippen LogP contribution in [0.4, 0.5) is 19.1 Å². The first-order chi connectivity index (χ1) is 13.7. The topological polar surface area (TPSA) is 95.4 Å². The molecule has 0 aromatic carbocycles. The Kier molecular flexibility index (Phi) is 4.93. The van der Waals surface area contributed by atoms with Crippen LogP contribution >= 0.6 is 0 Å². The summed E-state index contributed by atoms with van der Waals surface area (Å²) < 4.78 is 65.8. The number of halogens is 3. The van der Waals surface area contributed by atoms with Crippen molar-refractivity contribution in [2.75, 3.05) is 17.2 Å². The zero-order valence-electron chi connectivity index (χ0n) is 15.6. The number of H-pyrrole nitrogens is 1. The van der Waals surface area contributed by atoms with Crippen LogP contribution in [0.25, 0.3) is 16.7 Å². The molecule has 4 rings (SSSR count). The summed E-state index contributed by atoms with van der Waals surface area (Å²) in [6, 6.07) is 1.42. The number of fused-ring (bicyclic) bond motifs is 3. The standard InChI is InChI=1S/C17H21F3N6O2S/c1-2-12-7-11(24-29(27,28)6-4-17(18,19)20)10-25(12)16-23-9-13-8-22-15-14(26(13)16)3-5-21-15/h3,5,8-9,11-12,21,24H,2,4,6-7,10H2,1H3/t11-,12?/m0/s1. The lowest BCUT2D eigenvalue weighted by molar-refractivity contribution is -0.130. The van der Waals surface area contributed by atoms with E-state index < -0.39 is 34.4 Å². The van der Waals surface area contributed by atoms with Crippen molar-refractivity contribution in [2.45, 2.75) is 44.4 Å². The van der Waals surface area contributed by atoms with Gasteiger partial charge in [0.15, 0.2) is 5.65 Å². The monoisotopic (exact) mass is 430 g/mol. The number of anilines is 1. The number of aromatic amines is 1. The summed E-state index contributed by atoms with van der Waals surface area (Å²) in [6.45, 7) is 2.32. The number of nitrogens with one attached hydrogen (secondary N) is 2. The third-order valence-corrected chi connectivity index (χ3v) is 6.62. The van der Waals surface area contributed by atoms with Crippen molar-refractivity contribution < 1.29 is 21.6 Å². The summed E-state index contributed by atoms with van der Waals surface area (Å²) in [4.78, 5) is 13.9. The number of hydrogen-bond donors (Lipinski definition) is 2. The van der Waals surface area contributed by atoms with E-state index in [1.165, 1.54) is 0 Å². The molecule has 12 heteroatoms. The Morgan fingerprint density at radius 1 is 1.31 bits per heavy atom. The summed E-state index contributed by atoms with van der Waals surface area (Å²) >= 11 is 0. The van der Waals surface area contributed by atoms with Crippen LogP contribution in [0.2, 0.25) is 0 Å². The van der Waals surface area contributed by atoms with Crippen LogP contribution in [0.5, 0.6) is 0 Å². The Labute approximate surface area is 165 Å². The molecule has 0 spiro atoms. The van der Waals surface area contributed by atoms with Gasteiger partial charge in [0.2, 0.25) is 16.0 Å². The second-order valence-electron chi connectivity index (χ2n) is 7.24. The van der Waals surface area contributed by atoms with E-state index in [1.807, 2.05) is 22.3 Å². The van der Waals surface area contributed by atoms with E-state index in [4.69, 9.17) is 0 Å². The van der Waals surface area contributed by atoms with Gasteiger partial charge in [-0.1, -0.05) is 6.92 Å². The first kappa shape index (κ1) is 20.0. The lowest BCUT2D eigenvalue weighted by atomic mass is 10.1. The molecule has 0 saturated carbocycles. The number of rotatable bonds is 6. The highest BCUT2D eigenvalue weighted by Gasteiger charge is 2.37. The van der Waals surface area contributed by atoms with E-state index >= 15 is 0 Å². The molecule has 0 amide bonds. The maximum absolute atomic E-state index is 12.4. The van der Waals surface area contributed by atoms with E-state index in [0.717, 1.165) is 17.5 Å². The number of hydrogen-bond acceptors (Lipinski definition) is 5. The second kappa shape index (κ2) is 7.17. The van der Waals surface area contributed by atoms with Gasteiger partial charge >= 0.3 is 6.18 Å². The molecule has 2 atom stereocenters. The molecule has 0 aliphatic carbocycles. The van der Waals surface area contributed by atoms with Gasteiger partial charge in [-0.15, -0.1) is 0 Å². The summed E-state index contributed by atoms with van der Waals surface area (Å²) in [5.74, 6) is -0.304. The first-order valence-electron chi connectivity index (χ1n) is 9.30. The number of aromatic nitrogens is 4. The molecule has 1 fully saturated rings. The zero-order chi connectivity index (χ0) is 20.8. The summed E-state index contributed by atoms with van der Waals surface area (Å²) in [7, 11) is -4.03. The van der Waals surface area contributed by atoms with Crippen LogP contribution in [0.3, 0.4) is 0 Å². The highest BCUT2D eigenvalue weighted by molar-refractivity contribution is 7.89. The molecule has 0 bridgehead atoms. The van der Waals surface area contributed by atoms with E-state index in [-0.39, 0.29) is 6.04 Å². The summed E-state index contributed by atoms with van der Waals surface area (Å²) in [5.41, 5.74) is 2.35. The molecule has 4 heterocycles. The van der Waals surface area contributed by atoms with Gasteiger partial charge < -0.3 is 9.88 Å². The predicted octanol–water partition coefficient (Wildman–Crippen LogP) is 2.44. The lowest BCUT2D eigenvalue weighted by Crippen LogP contribution is -2.39. The van der Waals surface area contributed by atoms with Gasteiger partial charge in [-0.05, 0) is 18.9 Å². The Balaban J connectivity index is 1.58. The molecule has 8 nitrogen and oxygen atoms in total. The normalized spacial score (nSPS) is 20.9. The van der Waals surface area contributed by atoms with E-state index in [1.54, 1.807) is 18.6 Å². The van der Waals surface area contributed by atoms with Crippen molar-refractivity contribution in [3.63, 3.8) is 0 Å². The quantitative estimate of drug-likeness (QED) is 0.626. The molecule has 2 N–H and O–H groups in total. The minimum atomic E-state index is -4.51. The molecule has 1 aliphatic heterocycles. The largest absolute Gasteiger partial charge is 0.390 e. The van der Waals surface area contributed by atoms with Crippen molar-refractivity contribution in [2.24, 2.45) is 0 Å². The van der Waals surface area contributed by atoms with Crippen LogP contribution in [-0.4, -0.2) is 58.3 Å². The Morgan fingerprint density at radius 2 is 2.07 bits per heavy atom. The molecule has 3 aromatic rings. The maximum Gasteiger partial charge on any atom is 0.390 e. The fourth-order valence-electron chi connectivity index (χ4n) is 3.86. The van der Waals surface area contributed by atoms with Gasteiger partial charge in [0.1, 0.15) is 0 Å². The smallest absolute Gasteiger partial charge is 0.345 e. The lowest BCUT2D eigenvalue weighted by Gasteiger charge is -2.24. The van der Waals surface area contributed by atoms with Crippen LogP contribution in [0.15, 0.2) is 24.7 Å². The zero-order valence-corrected chi connectivity index (χ0v) is 16.5. The van der Waals surface area contributed by atoms with Gasteiger partial charge in [0, 0.05) is 24.8 Å². The van der Waals surface area contributed by atoms with Gasteiger partial charge in [0.05, 0.1) is 35.6 Å². The van der Waals surface area contributed by atoms with Crippen molar-refractivity contribution in [3.05, 3.63) is 24.7 Å². The molecule has 1 unspecified atom stereocenters. The summed E-state index contributed by atoms with van der Waals surface area (Å²) in [5, 5.41) is 0. The molecule has 1 saturated heterocycles. The van der Waals surface area contributed by atoms with E-state index in [0.29, 0.717) is 24.6 Å². The first-order valence-corrected chi connectivity index (χ1v) is 10.9. The Hall–Kier alpha value is -2.34. The highest BCUT2D eigenvalue weighted by Crippen LogP contribution is 2.30. The van der Waals surface area contributed by atoms with Crippen LogP contribution in [-0.2, 0) is 10.0 Å². The number of alkyl halides is 3. The molecular weight excluding hydrogens is 409 g/mol. The van der Waals surface area contributed by atoms with Gasteiger partial charge in [-0.3, -0.25) is 4.40 Å². The average molecular weight is 430 g/mol. The molecular formula is C17H21F3N6O2S. The van der Waals surface area contributed by atoms with E-state index in [2.05, 4.69) is 19.7 Å². The number of imidazole rings is 1. The van der Waals surface area contributed by atoms with Gasteiger partial charge in [-0.2, -0.15) is 13.2 Å². The Bertz CT molecular complexity index is 1120. The minimum absolute atomic E-state index is 0.0121. The van der Waals surface area contributed by atoms with Crippen molar-refractivity contribution in [1.82, 2.24) is 24.1 Å². The van der Waals surface area contributed by atoms with Crippen LogP contribution in [0.1, 0.15) is 26.2 Å². The highest BCUT2D eigenvalue weighted by atomic mass is 32.2. The van der Waals surface area contributed by atoms with Gasteiger partial charge in [-0.25, -0.2) is 23.1 Å². The molecule has 158 valence electrons. The van der Waals surface area contributed by atoms with Crippen LogP contribution < -0.4 is 9.62 Å². The fraction of sp³-hybridized carbons (Fsp3) is 0.529. The third-order valence-electron chi connectivity index (χ3n) is 5.18. The SMILES string of the molecule is CCC1C[C@H](NS(=O)(=O)CCC(F)(F)F)CN1c1ncc2cnc3[nH]ccc3n12. The molecule has 3 aromatic heterocycles. The molecule has 29 heavy (non-hydrogen) atoms. The molecule has 0 radical (unpaired) electrons. The van der Waals surface area contributed by atoms with Crippen LogP contribution in [0, 0.1) is 0 Å². The average Bonchev–Trinajstić information content (AvgIpc) is 3.35. The van der Waals surface area contributed by atoms with Crippen molar-refractivity contribution in [3.8, 4) is 0 Å². The fourth-order valence-corrected chi connectivity index (χ4v) is 5.16. The van der Waals surface area contributed by atoms with Gasteiger partial charge in [0.25, 0.3) is 0 Å². The minimum Gasteiger partial charge on any atom is -0.345 e. The van der Waals surface area contributed by atoms with Crippen molar-refractivity contribution >= 4 is 32.7 Å². The summed E-state index contributed by atoms with van der Waals surface area (Å²) in [6.07, 6.45) is 0.549.